The zero-order valence-corrected chi connectivity index (χ0v) is 20.9. The van der Waals surface area contributed by atoms with Crippen molar-refractivity contribution in [2.45, 2.75) is 6.16 Å². The number of hydrogen-bond donors (Lipinski definition) is 0. The summed E-state index contributed by atoms with van der Waals surface area (Å²) >= 11 is -11.2. The fourth-order valence-corrected chi connectivity index (χ4v) is 7.87. The van der Waals surface area contributed by atoms with Crippen LogP contribution in [0.15, 0.2) is 121 Å². The Morgan fingerprint density at radius 1 is 0.424 bits per heavy atom. The second-order valence-electron chi connectivity index (χ2n) is 7.42. The Kier molecular flexibility index (Phi) is 7.03. The van der Waals surface area contributed by atoms with Crippen LogP contribution in [0.25, 0.3) is 0 Å². The molecule has 0 aliphatic carbocycles. The predicted molar refractivity (Wildman–Crippen MR) is 128 cm³/mol. The second kappa shape index (κ2) is 9.16. The summed E-state index contributed by atoms with van der Waals surface area (Å²) in [5, 5.41) is 4.30. The van der Waals surface area contributed by atoms with E-state index in [4.69, 9.17) is 0 Å². The average Bonchev–Trinajstić information content (AvgIpc) is 2.78. The topological polar surface area (TPSA) is 0 Å². The van der Waals surface area contributed by atoms with Crippen LogP contribution in [-0.4, -0.2) is 19.5 Å². The Hall–Kier alpha value is -2.29. The van der Waals surface area contributed by atoms with Gasteiger partial charge in [-0.25, -0.2) is 0 Å². The zero-order chi connectivity index (χ0) is 24.1. The minimum absolute atomic E-state index is 1.03. The van der Waals surface area contributed by atoms with Crippen LogP contribution in [0.4, 0.5) is 16.9 Å². The molecule has 0 unspecified atom stereocenters. The van der Waals surface area contributed by atoms with Crippen molar-refractivity contribution in [2.75, 3.05) is 0 Å². The fraction of sp³-hybridized carbons (Fsp3) is 0.0400. The molecule has 0 nitrogen and oxygen atoms in total. The predicted octanol–water partition coefficient (Wildman–Crippen LogP) is 7.32. The molecule has 0 N–H and O–H groups in total. The molecule has 0 spiro atoms. The molecule has 0 heterocycles. The van der Waals surface area contributed by atoms with Crippen LogP contribution in [0.5, 0.6) is 0 Å². The third-order valence-electron chi connectivity index (χ3n) is 4.85. The first-order chi connectivity index (χ1) is 15.3. The Labute approximate surface area is 192 Å². The zero-order valence-electron chi connectivity index (χ0n) is 17.4. The molecule has 0 atom stereocenters. The van der Waals surface area contributed by atoms with Gasteiger partial charge in [0.05, 0.1) is 6.16 Å². The van der Waals surface area contributed by atoms with Crippen LogP contribution in [0, 0.1) is 0 Å². The van der Waals surface area contributed by atoms with E-state index in [9.17, 15) is 16.9 Å². The van der Waals surface area contributed by atoms with E-state index in [-0.39, 0.29) is 0 Å². The number of halogens is 6. The van der Waals surface area contributed by atoms with Crippen LogP contribution in [0.1, 0.15) is 5.56 Å². The summed E-state index contributed by atoms with van der Waals surface area (Å²) in [6.07, 6.45) is 1.03. The Balaban J connectivity index is 0.000000383. The largest absolute Gasteiger partial charge is 0.116 e. The standard InChI is InChI=1S/C25H22P.6FH.Sb/c1-5-13-22(14-6-1)21-26(23-15-7-2-8-16-23,24-17-9-3-10-18-24)25-19-11-4-12-20-25;;;;;;;/h1-20H,21H2;6*1H;/q+1;;;;;;;+5/p-6. The van der Waals surface area contributed by atoms with Gasteiger partial charge < -0.3 is 0 Å². The molecule has 33 heavy (non-hydrogen) atoms. The van der Waals surface area contributed by atoms with Gasteiger partial charge in [-0.1, -0.05) is 84.9 Å². The quantitative estimate of drug-likeness (QED) is 0.130. The molecule has 4 rings (SSSR count). The molecule has 4 aromatic carbocycles. The summed E-state index contributed by atoms with van der Waals surface area (Å²) < 4.78 is 59.6. The van der Waals surface area contributed by atoms with Crippen molar-refractivity contribution in [3.63, 3.8) is 0 Å². The second-order valence-corrected chi connectivity index (χ2v) is 16.4. The van der Waals surface area contributed by atoms with Gasteiger partial charge in [0.25, 0.3) is 0 Å². The first kappa shape index (κ1) is 25.3. The molecular weight excluding hydrogens is 567 g/mol. The van der Waals surface area contributed by atoms with Crippen molar-refractivity contribution in [1.82, 2.24) is 0 Å². The third kappa shape index (κ3) is 8.21. The number of hydrogen-bond acceptors (Lipinski definition) is 0. The maximum absolute atomic E-state index is 11.2. The summed E-state index contributed by atoms with van der Waals surface area (Å²) in [4.78, 5) is 0. The molecule has 0 amide bonds. The van der Waals surface area contributed by atoms with Gasteiger partial charge >= 0.3 is 36.4 Å². The minimum atomic E-state index is -11.2. The van der Waals surface area contributed by atoms with Gasteiger partial charge in [-0.2, -0.15) is 0 Å². The van der Waals surface area contributed by atoms with Crippen LogP contribution in [0.3, 0.4) is 0 Å². The molecule has 0 saturated heterocycles. The normalized spacial score (nSPS) is 13.8. The maximum atomic E-state index is 9.93. The first-order valence-corrected chi connectivity index (χ1v) is 17.8. The summed E-state index contributed by atoms with van der Waals surface area (Å²) in [6, 6.07) is 44.0. The SMILES string of the molecule is [F][Sb-]([F])([F])([F])([F])[F].c1ccc(C[P+](c2ccccc2)(c2ccccc2)c2ccccc2)cc1. The fourth-order valence-electron chi connectivity index (χ4n) is 3.63. The summed E-state index contributed by atoms with van der Waals surface area (Å²) in [6.45, 7) is 0. The number of benzene rings is 4. The van der Waals surface area contributed by atoms with E-state index in [1.807, 2.05) is 0 Å². The monoisotopic (exact) mass is 588 g/mol. The Morgan fingerprint density at radius 2 is 0.667 bits per heavy atom. The van der Waals surface area contributed by atoms with E-state index in [1.165, 1.54) is 21.5 Å². The van der Waals surface area contributed by atoms with E-state index >= 15 is 0 Å². The van der Waals surface area contributed by atoms with Crippen LogP contribution < -0.4 is 15.9 Å². The van der Waals surface area contributed by atoms with Gasteiger partial charge in [0, 0.05) is 0 Å². The van der Waals surface area contributed by atoms with Gasteiger partial charge in [0.1, 0.15) is 23.2 Å². The molecule has 4 aromatic rings. The van der Waals surface area contributed by atoms with Gasteiger partial charge in [-0.3, -0.25) is 0 Å². The van der Waals surface area contributed by atoms with Gasteiger partial charge in [0.15, 0.2) is 0 Å². The summed E-state index contributed by atoms with van der Waals surface area (Å²) in [5.74, 6) is 0. The molecule has 174 valence electrons. The molecule has 0 aliphatic heterocycles. The molecule has 0 fully saturated rings. The Bertz CT molecular complexity index is 1040. The van der Waals surface area contributed by atoms with E-state index in [1.54, 1.807) is 0 Å². The molecule has 0 bridgehead atoms. The third-order valence-corrected chi connectivity index (χ3v) is 9.23. The van der Waals surface area contributed by atoms with Gasteiger partial charge in [-0.15, -0.1) is 0 Å². The molecule has 8 heteroatoms. The molecule has 0 radical (unpaired) electrons. The van der Waals surface area contributed by atoms with Crippen molar-refractivity contribution in [2.24, 2.45) is 0 Å². The Morgan fingerprint density at radius 3 is 0.939 bits per heavy atom. The van der Waals surface area contributed by atoms with Crippen LogP contribution in [-0.2, 0) is 6.16 Å². The minimum Gasteiger partial charge on any atom is -0.0622 e. The summed E-state index contributed by atoms with van der Waals surface area (Å²) in [5.41, 5.74) is 1.39. The van der Waals surface area contributed by atoms with E-state index in [0.717, 1.165) is 6.16 Å². The smallest absolute Gasteiger partial charge is 0.0622 e. The van der Waals surface area contributed by atoms with Crippen molar-refractivity contribution in [3.05, 3.63) is 127 Å². The number of rotatable bonds is 5. The maximum Gasteiger partial charge on any atom is 0.116 e. The van der Waals surface area contributed by atoms with Crippen molar-refractivity contribution in [3.8, 4) is 0 Å². The van der Waals surface area contributed by atoms with Crippen molar-refractivity contribution in [1.29, 1.82) is 0 Å². The van der Waals surface area contributed by atoms with E-state index in [0.29, 0.717) is 0 Å². The van der Waals surface area contributed by atoms with Crippen molar-refractivity contribution < 1.29 is 16.9 Å². The molecular formula is C25H22F6PSb. The van der Waals surface area contributed by atoms with Crippen LogP contribution >= 0.6 is 7.26 Å². The average molecular weight is 589 g/mol. The molecule has 0 aliphatic rings. The first-order valence-electron chi connectivity index (χ1n) is 10.00. The van der Waals surface area contributed by atoms with Gasteiger partial charge in [0.2, 0.25) is 0 Å². The van der Waals surface area contributed by atoms with E-state index < -0.39 is 26.7 Å². The van der Waals surface area contributed by atoms with Crippen LogP contribution in [0.2, 0.25) is 0 Å². The van der Waals surface area contributed by atoms with Crippen molar-refractivity contribution >= 4 is 42.7 Å². The molecule has 0 saturated carbocycles. The molecule has 0 aromatic heterocycles. The summed E-state index contributed by atoms with van der Waals surface area (Å²) in [7, 11) is -1.78. The van der Waals surface area contributed by atoms with Gasteiger partial charge in [-0.05, 0) is 42.0 Å². The van der Waals surface area contributed by atoms with E-state index in [2.05, 4.69) is 121 Å².